The maximum atomic E-state index is 5.83. The first kappa shape index (κ1) is 7.13. The SMILES string of the molecule is NC1CNc2ccc(Br)cc21. The number of nitrogens with two attached hydrogens (primary N) is 1. The van der Waals surface area contributed by atoms with Crippen LogP contribution in [0, 0.1) is 0 Å². The lowest BCUT2D eigenvalue weighted by molar-refractivity contribution is 0.807. The van der Waals surface area contributed by atoms with Crippen molar-refractivity contribution >= 4 is 21.6 Å². The average molecular weight is 213 g/mol. The van der Waals surface area contributed by atoms with Crippen LogP contribution in [0.1, 0.15) is 11.6 Å². The van der Waals surface area contributed by atoms with Gasteiger partial charge in [-0.2, -0.15) is 0 Å². The third kappa shape index (κ3) is 1.14. The van der Waals surface area contributed by atoms with Crippen molar-refractivity contribution in [3.8, 4) is 0 Å². The monoisotopic (exact) mass is 212 g/mol. The highest BCUT2D eigenvalue weighted by atomic mass is 79.9. The molecule has 1 heterocycles. The zero-order chi connectivity index (χ0) is 7.84. The fourth-order valence-electron chi connectivity index (χ4n) is 1.33. The van der Waals surface area contributed by atoms with Gasteiger partial charge in [0, 0.05) is 22.7 Å². The van der Waals surface area contributed by atoms with Gasteiger partial charge in [0.25, 0.3) is 0 Å². The normalized spacial score (nSPS) is 21.1. The smallest absolute Gasteiger partial charge is 0.0491 e. The average Bonchev–Trinajstić information content (AvgIpc) is 2.33. The predicted octanol–water partition coefficient (Wildman–Crippen LogP) is 1.87. The zero-order valence-electron chi connectivity index (χ0n) is 5.97. The van der Waals surface area contributed by atoms with Crippen LogP contribution >= 0.6 is 15.9 Å². The Kier molecular flexibility index (Phi) is 1.62. The van der Waals surface area contributed by atoms with E-state index < -0.39 is 0 Å². The Morgan fingerprint density at radius 1 is 1.55 bits per heavy atom. The second kappa shape index (κ2) is 2.50. The molecule has 11 heavy (non-hydrogen) atoms. The number of hydrogen-bond donors (Lipinski definition) is 2. The van der Waals surface area contributed by atoms with Crippen LogP contribution in [-0.4, -0.2) is 6.54 Å². The summed E-state index contributed by atoms with van der Waals surface area (Å²) >= 11 is 3.41. The van der Waals surface area contributed by atoms with E-state index in [-0.39, 0.29) is 6.04 Å². The van der Waals surface area contributed by atoms with E-state index in [1.165, 1.54) is 11.3 Å². The molecule has 0 bridgehead atoms. The van der Waals surface area contributed by atoms with E-state index in [2.05, 4.69) is 27.3 Å². The number of halogens is 1. The van der Waals surface area contributed by atoms with Gasteiger partial charge in [0.1, 0.15) is 0 Å². The van der Waals surface area contributed by atoms with Gasteiger partial charge in [-0.3, -0.25) is 0 Å². The third-order valence-corrected chi connectivity index (χ3v) is 2.42. The van der Waals surface area contributed by atoms with Crippen LogP contribution < -0.4 is 11.1 Å². The topological polar surface area (TPSA) is 38.0 Å². The molecule has 0 aromatic heterocycles. The molecule has 1 aromatic carbocycles. The summed E-state index contributed by atoms with van der Waals surface area (Å²) in [5, 5.41) is 3.23. The molecule has 2 nitrogen and oxygen atoms in total. The summed E-state index contributed by atoms with van der Waals surface area (Å²) in [6, 6.07) is 6.29. The van der Waals surface area contributed by atoms with Crippen LogP contribution in [0.25, 0.3) is 0 Å². The standard InChI is InChI=1S/C8H9BrN2/c9-5-1-2-8-6(3-5)7(10)4-11-8/h1-3,7,11H,4,10H2. The van der Waals surface area contributed by atoms with Gasteiger partial charge in [0.15, 0.2) is 0 Å². The van der Waals surface area contributed by atoms with Gasteiger partial charge < -0.3 is 11.1 Å². The molecule has 1 aliphatic rings. The lowest BCUT2D eigenvalue weighted by Gasteiger charge is -2.01. The van der Waals surface area contributed by atoms with Crippen molar-refractivity contribution in [2.24, 2.45) is 5.73 Å². The Bertz CT molecular complexity index is 285. The molecule has 0 saturated heterocycles. The van der Waals surface area contributed by atoms with Crippen molar-refractivity contribution in [1.29, 1.82) is 0 Å². The second-order valence-electron chi connectivity index (χ2n) is 2.72. The fraction of sp³-hybridized carbons (Fsp3) is 0.250. The summed E-state index contributed by atoms with van der Waals surface area (Å²) in [5.74, 6) is 0. The summed E-state index contributed by atoms with van der Waals surface area (Å²) in [6.45, 7) is 0.853. The quantitative estimate of drug-likeness (QED) is 0.690. The van der Waals surface area contributed by atoms with Gasteiger partial charge in [-0.15, -0.1) is 0 Å². The molecule has 0 amide bonds. The molecule has 1 aromatic rings. The molecule has 1 aliphatic heterocycles. The molecule has 2 rings (SSSR count). The highest BCUT2D eigenvalue weighted by Crippen LogP contribution is 2.30. The summed E-state index contributed by atoms with van der Waals surface area (Å²) in [5.41, 5.74) is 8.21. The van der Waals surface area contributed by atoms with Crippen LogP contribution in [0.15, 0.2) is 22.7 Å². The van der Waals surface area contributed by atoms with Gasteiger partial charge in [-0.1, -0.05) is 15.9 Å². The lowest BCUT2D eigenvalue weighted by Crippen LogP contribution is -2.11. The van der Waals surface area contributed by atoms with Crippen molar-refractivity contribution in [3.05, 3.63) is 28.2 Å². The number of rotatable bonds is 0. The van der Waals surface area contributed by atoms with Gasteiger partial charge in [0.05, 0.1) is 0 Å². The molecule has 0 spiro atoms. The van der Waals surface area contributed by atoms with Crippen LogP contribution in [0.5, 0.6) is 0 Å². The van der Waals surface area contributed by atoms with Crippen LogP contribution in [0.3, 0.4) is 0 Å². The molecule has 3 heteroatoms. The van der Waals surface area contributed by atoms with Gasteiger partial charge >= 0.3 is 0 Å². The van der Waals surface area contributed by atoms with E-state index in [0.29, 0.717) is 0 Å². The molecule has 1 unspecified atom stereocenters. The minimum absolute atomic E-state index is 0.155. The largest absolute Gasteiger partial charge is 0.383 e. The van der Waals surface area contributed by atoms with E-state index in [9.17, 15) is 0 Å². The Hall–Kier alpha value is -0.540. The third-order valence-electron chi connectivity index (χ3n) is 1.93. The van der Waals surface area contributed by atoms with E-state index in [4.69, 9.17) is 5.73 Å². The number of benzene rings is 1. The van der Waals surface area contributed by atoms with Crippen molar-refractivity contribution in [2.75, 3.05) is 11.9 Å². The van der Waals surface area contributed by atoms with Gasteiger partial charge in [-0.25, -0.2) is 0 Å². The number of anilines is 1. The van der Waals surface area contributed by atoms with Crippen molar-refractivity contribution < 1.29 is 0 Å². The Balaban J connectivity index is 2.52. The van der Waals surface area contributed by atoms with Crippen LogP contribution in [0.4, 0.5) is 5.69 Å². The minimum Gasteiger partial charge on any atom is -0.383 e. The molecule has 0 radical (unpaired) electrons. The molecule has 0 fully saturated rings. The number of hydrogen-bond acceptors (Lipinski definition) is 2. The van der Waals surface area contributed by atoms with Gasteiger partial charge in [0.2, 0.25) is 0 Å². The van der Waals surface area contributed by atoms with Crippen molar-refractivity contribution in [3.63, 3.8) is 0 Å². The predicted molar refractivity (Wildman–Crippen MR) is 49.6 cm³/mol. The molecular weight excluding hydrogens is 204 g/mol. The first-order chi connectivity index (χ1) is 5.27. The van der Waals surface area contributed by atoms with E-state index in [0.717, 1.165) is 11.0 Å². The van der Waals surface area contributed by atoms with E-state index in [1.54, 1.807) is 0 Å². The number of nitrogens with one attached hydrogen (secondary N) is 1. The van der Waals surface area contributed by atoms with Crippen molar-refractivity contribution in [1.82, 2.24) is 0 Å². The Morgan fingerprint density at radius 3 is 3.18 bits per heavy atom. The van der Waals surface area contributed by atoms with E-state index >= 15 is 0 Å². The summed E-state index contributed by atoms with van der Waals surface area (Å²) < 4.78 is 1.09. The maximum absolute atomic E-state index is 5.83. The lowest BCUT2D eigenvalue weighted by atomic mass is 10.1. The Labute approximate surface area is 73.9 Å². The summed E-state index contributed by atoms with van der Waals surface area (Å²) in [4.78, 5) is 0. The molecule has 58 valence electrons. The summed E-state index contributed by atoms with van der Waals surface area (Å²) in [6.07, 6.45) is 0. The van der Waals surface area contributed by atoms with Gasteiger partial charge in [-0.05, 0) is 23.8 Å². The molecule has 3 N–H and O–H groups in total. The highest BCUT2D eigenvalue weighted by molar-refractivity contribution is 9.10. The van der Waals surface area contributed by atoms with Crippen LogP contribution in [0.2, 0.25) is 0 Å². The first-order valence-electron chi connectivity index (χ1n) is 3.56. The number of fused-ring (bicyclic) bond motifs is 1. The molecule has 0 saturated carbocycles. The zero-order valence-corrected chi connectivity index (χ0v) is 7.56. The first-order valence-corrected chi connectivity index (χ1v) is 4.35. The molecular formula is C8H9BrN2. The second-order valence-corrected chi connectivity index (χ2v) is 3.63. The van der Waals surface area contributed by atoms with Crippen LogP contribution in [-0.2, 0) is 0 Å². The molecule has 0 aliphatic carbocycles. The molecule has 1 atom stereocenters. The van der Waals surface area contributed by atoms with E-state index in [1.807, 2.05) is 12.1 Å². The minimum atomic E-state index is 0.155. The van der Waals surface area contributed by atoms with Crippen molar-refractivity contribution in [2.45, 2.75) is 6.04 Å². The summed E-state index contributed by atoms with van der Waals surface area (Å²) in [7, 11) is 0. The maximum Gasteiger partial charge on any atom is 0.0491 e. The fourth-order valence-corrected chi connectivity index (χ4v) is 1.71. The Morgan fingerprint density at radius 2 is 2.36 bits per heavy atom. The highest BCUT2D eigenvalue weighted by Gasteiger charge is 2.17.